The molecule has 0 N–H and O–H groups in total. The average molecular weight is 339 g/mol. The van der Waals surface area contributed by atoms with Crippen LogP contribution in [0.1, 0.15) is 40.8 Å². The van der Waals surface area contributed by atoms with Gasteiger partial charge in [-0.3, -0.25) is 9.48 Å². The number of thiazole rings is 1. The number of aryl methyl sites for hydroxylation is 3. The molecule has 22 heavy (non-hydrogen) atoms. The number of amides is 1. The van der Waals surface area contributed by atoms with Crippen LogP contribution in [-0.4, -0.2) is 32.1 Å². The molecule has 0 aliphatic carbocycles. The van der Waals surface area contributed by atoms with Crippen molar-refractivity contribution in [1.29, 1.82) is 0 Å². The summed E-state index contributed by atoms with van der Waals surface area (Å²) in [4.78, 5) is 19.0. The van der Waals surface area contributed by atoms with Gasteiger partial charge < -0.3 is 4.90 Å². The van der Waals surface area contributed by atoms with Crippen LogP contribution in [0.15, 0.2) is 5.38 Å². The number of hydrogen-bond acceptors (Lipinski definition) is 4. The van der Waals surface area contributed by atoms with E-state index in [4.69, 9.17) is 11.6 Å². The lowest BCUT2D eigenvalue weighted by Gasteiger charge is -2.24. The van der Waals surface area contributed by atoms with Gasteiger partial charge in [0.1, 0.15) is 5.15 Å². The van der Waals surface area contributed by atoms with Gasteiger partial charge in [0.25, 0.3) is 0 Å². The van der Waals surface area contributed by atoms with E-state index in [-0.39, 0.29) is 11.9 Å². The summed E-state index contributed by atoms with van der Waals surface area (Å²) in [6.07, 6.45) is 2.29. The third kappa shape index (κ3) is 2.77. The van der Waals surface area contributed by atoms with Crippen LogP contribution >= 0.6 is 22.9 Å². The zero-order valence-corrected chi connectivity index (χ0v) is 14.5. The van der Waals surface area contributed by atoms with Crippen molar-refractivity contribution in [2.24, 2.45) is 7.05 Å². The summed E-state index contributed by atoms with van der Waals surface area (Å²) in [5.41, 5.74) is 2.75. The zero-order valence-electron chi connectivity index (χ0n) is 13.0. The Balaban J connectivity index is 1.82. The predicted molar refractivity (Wildman–Crippen MR) is 87.2 cm³/mol. The van der Waals surface area contributed by atoms with Crippen molar-refractivity contribution in [1.82, 2.24) is 19.7 Å². The number of nitrogens with zero attached hydrogens (tertiary/aromatic N) is 4. The highest BCUT2D eigenvalue weighted by Gasteiger charge is 2.34. The van der Waals surface area contributed by atoms with Gasteiger partial charge in [-0.25, -0.2) is 4.98 Å². The van der Waals surface area contributed by atoms with Gasteiger partial charge >= 0.3 is 0 Å². The standard InChI is InChI=1S/C15H19ClN4OS/c1-9-14(15(16)19(3)18-9)12-5-4-6-20(12)13(21)7-11-8-22-10(2)17-11/h8,12H,4-7H2,1-3H3/t12-/m0/s1. The number of halogens is 1. The molecule has 5 nitrogen and oxygen atoms in total. The van der Waals surface area contributed by atoms with Crippen LogP contribution in [0.3, 0.4) is 0 Å². The minimum atomic E-state index is 0.0356. The molecule has 0 unspecified atom stereocenters. The van der Waals surface area contributed by atoms with Gasteiger partial charge in [-0.05, 0) is 26.7 Å². The van der Waals surface area contributed by atoms with Gasteiger partial charge in [0, 0.05) is 24.5 Å². The molecule has 7 heteroatoms. The Kier molecular flexibility index (Phi) is 4.23. The minimum Gasteiger partial charge on any atom is -0.335 e. The van der Waals surface area contributed by atoms with Gasteiger partial charge in [0.2, 0.25) is 5.91 Å². The lowest BCUT2D eigenvalue weighted by molar-refractivity contribution is -0.131. The molecule has 1 amide bonds. The van der Waals surface area contributed by atoms with E-state index in [1.165, 1.54) is 0 Å². The van der Waals surface area contributed by atoms with Crippen molar-refractivity contribution in [3.63, 3.8) is 0 Å². The maximum absolute atomic E-state index is 12.7. The first-order chi connectivity index (χ1) is 10.5. The Labute approximate surface area is 138 Å². The highest BCUT2D eigenvalue weighted by molar-refractivity contribution is 7.09. The first-order valence-electron chi connectivity index (χ1n) is 7.37. The topological polar surface area (TPSA) is 51.0 Å². The molecule has 0 spiro atoms. The minimum absolute atomic E-state index is 0.0356. The molecule has 2 aromatic heterocycles. The number of aromatic nitrogens is 3. The molecule has 118 valence electrons. The molecule has 1 fully saturated rings. The zero-order chi connectivity index (χ0) is 15.9. The first kappa shape index (κ1) is 15.5. The fourth-order valence-corrected chi connectivity index (χ4v) is 4.05. The summed E-state index contributed by atoms with van der Waals surface area (Å²) >= 11 is 7.96. The SMILES string of the molecule is Cc1nc(CC(=O)N2CCC[C@H]2c2c(C)nn(C)c2Cl)cs1. The summed E-state index contributed by atoms with van der Waals surface area (Å²) in [6.45, 7) is 4.68. The van der Waals surface area contributed by atoms with Gasteiger partial charge in [-0.1, -0.05) is 11.6 Å². The molecule has 0 radical (unpaired) electrons. The number of likely N-dealkylation sites (tertiary alicyclic amines) is 1. The number of carbonyl (C=O) groups is 1. The van der Waals surface area contributed by atoms with E-state index in [0.29, 0.717) is 11.6 Å². The maximum Gasteiger partial charge on any atom is 0.229 e. The largest absolute Gasteiger partial charge is 0.335 e. The van der Waals surface area contributed by atoms with Crippen molar-refractivity contribution in [3.05, 3.63) is 32.5 Å². The second-order valence-corrected chi connectivity index (χ2v) is 7.11. The molecule has 1 aliphatic rings. The smallest absolute Gasteiger partial charge is 0.229 e. The number of carbonyl (C=O) groups excluding carboxylic acids is 1. The van der Waals surface area contributed by atoms with Crippen LogP contribution in [0.25, 0.3) is 0 Å². The van der Waals surface area contributed by atoms with Gasteiger partial charge in [-0.2, -0.15) is 5.10 Å². The van der Waals surface area contributed by atoms with E-state index < -0.39 is 0 Å². The predicted octanol–water partition coefficient (Wildman–Crippen LogP) is 3.05. The van der Waals surface area contributed by atoms with E-state index in [0.717, 1.165) is 41.3 Å². The molecule has 1 aliphatic heterocycles. The molecular weight excluding hydrogens is 320 g/mol. The van der Waals surface area contributed by atoms with Crippen LogP contribution < -0.4 is 0 Å². The van der Waals surface area contributed by atoms with Gasteiger partial charge in [-0.15, -0.1) is 11.3 Å². The Morgan fingerprint density at radius 1 is 1.50 bits per heavy atom. The van der Waals surface area contributed by atoms with E-state index in [1.807, 2.05) is 31.2 Å². The summed E-state index contributed by atoms with van der Waals surface area (Å²) in [6, 6.07) is 0.0356. The molecule has 1 atom stereocenters. The second kappa shape index (κ2) is 6.01. The van der Waals surface area contributed by atoms with E-state index in [2.05, 4.69) is 10.1 Å². The van der Waals surface area contributed by atoms with Gasteiger partial charge in [0.15, 0.2) is 0 Å². The van der Waals surface area contributed by atoms with Crippen molar-refractivity contribution < 1.29 is 4.79 Å². The molecule has 3 rings (SSSR count). The summed E-state index contributed by atoms with van der Waals surface area (Å²) in [7, 11) is 1.83. The molecule has 3 heterocycles. The normalized spacial score (nSPS) is 18.2. The Morgan fingerprint density at radius 3 is 2.86 bits per heavy atom. The second-order valence-electron chi connectivity index (χ2n) is 5.69. The first-order valence-corrected chi connectivity index (χ1v) is 8.62. The van der Waals surface area contributed by atoms with Crippen molar-refractivity contribution in [2.45, 2.75) is 39.2 Å². The van der Waals surface area contributed by atoms with Gasteiger partial charge in [0.05, 0.1) is 28.9 Å². The fourth-order valence-electron chi connectivity index (χ4n) is 3.14. The lowest BCUT2D eigenvalue weighted by Crippen LogP contribution is -2.32. The highest BCUT2D eigenvalue weighted by Crippen LogP contribution is 2.37. The molecule has 2 aromatic rings. The van der Waals surface area contributed by atoms with Crippen molar-refractivity contribution in [3.8, 4) is 0 Å². The van der Waals surface area contributed by atoms with E-state index >= 15 is 0 Å². The van der Waals surface area contributed by atoms with Crippen LogP contribution in [-0.2, 0) is 18.3 Å². The van der Waals surface area contributed by atoms with E-state index in [9.17, 15) is 4.79 Å². The van der Waals surface area contributed by atoms with Crippen molar-refractivity contribution in [2.75, 3.05) is 6.54 Å². The number of rotatable bonds is 3. The molecule has 0 bridgehead atoms. The fraction of sp³-hybridized carbons (Fsp3) is 0.533. The van der Waals surface area contributed by atoms with E-state index in [1.54, 1.807) is 16.0 Å². The van der Waals surface area contributed by atoms with Crippen LogP contribution in [0.4, 0.5) is 0 Å². The Hall–Kier alpha value is -1.40. The summed E-state index contributed by atoms with van der Waals surface area (Å²) < 4.78 is 1.68. The third-order valence-corrected chi connectivity index (χ3v) is 5.37. The quantitative estimate of drug-likeness (QED) is 0.864. The molecule has 0 saturated carbocycles. The van der Waals surface area contributed by atoms with Crippen LogP contribution in [0.5, 0.6) is 0 Å². The monoisotopic (exact) mass is 338 g/mol. The molecular formula is C15H19ClN4OS. The van der Waals surface area contributed by atoms with Crippen molar-refractivity contribution >= 4 is 28.8 Å². The van der Waals surface area contributed by atoms with Crippen LogP contribution in [0.2, 0.25) is 5.15 Å². The average Bonchev–Trinajstić information content (AvgIpc) is 3.12. The lowest BCUT2D eigenvalue weighted by atomic mass is 10.1. The molecule has 1 saturated heterocycles. The van der Waals surface area contributed by atoms with Crippen LogP contribution in [0, 0.1) is 13.8 Å². The summed E-state index contributed by atoms with van der Waals surface area (Å²) in [5, 5.41) is 7.96. The summed E-state index contributed by atoms with van der Waals surface area (Å²) in [5.74, 6) is 0.118. The Bertz CT molecular complexity index is 708. The Morgan fingerprint density at radius 2 is 2.27 bits per heavy atom. The maximum atomic E-state index is 12.7. The number of hydrogen-bond donors (Lipinski definition) is 0. The third-order valence-electron chi connectivity index (χ3n) is 4.10. The highest BCUT2D eigenvalue weighted by atomic mass is 35.5. The molecule has 0 aromatic carbocycles.